The maximum absolute atomic E-state index is 12.4. The van der Waals surface area contributed by atoms with Crippen molar-refractivity contribution in [2.45, 2.75) is 71.0 Å². The first-order valence-corrected chi connectivity index (χ1v) is 22.8. The standard InChI is InChI=1S/C18H24BrFO5.C10H16BrFO5.2C2H5F.12CH2F2/c1-17(2,9-14(19)13-7-5-4-6-8-13)15(22)24-11-18(3,10-21)16(23)25-12-20;1-9(2,11)7(14)16-5-10(3,4-13)8(15)17-6-12;2*1-2-3;12*2-1-3/h4-8,14,21H,9-12H2,1-3H3;13H,4-6H2,1-3H3;2*2H2,1H3;12*1H2. The van der Waals surface area contributed by atoms with Crippen molar-refractivity contribution in [2.24, 2.45) is 16.2 Å². The first kappa shape index (κ1) is 118. The van der Waals surface area contributed by atoms with Crippen LogP contribution in [0, 0.1) is 16.2 Å². The van der Waals surface area contributed by atoms with Gasteiger partial charge in [0.2, 0.25) is 96.9 Å². The molecule has 0 aliphatic rings. The van der Waals surface area contributed by atoms with Crippen molar-refractivity contribution in [1.82, 2.24) is 0 Å². The van der Waals surface area contributed by atoms with Crippen molar-refractivity contribution in [3.8, 4) is 0 Å². The molecule has 0 spiro atoms. The number of hydrogen-bond donors (Lipinski definition) is 2. The molecule has 84 heavy (non-hydrogen) atoms. The van der Waals surface area contributed by atoms with E-state index in [1.54, 1.807) is 27.7 Å². The average Bonchev–Trinajstić information content (AvgIpc) is 3.40. The minimum atomic E-state index is -1.75. The highest BCUT2D eigenvalue weighted by Crippen LogP contribution is 2.37. The highest BCUT2D eigenvalue weighted by molar-refractivity contribution is 9.10. The lowest BCUT2D eigenvalue weighted by atomic mass is 9.86. The normalized spacial score (nSPS) is 10.5. The Balaban J connectivity index is -0.0000000535. The predicted molar refractivity (Wildman–Crippen MR) is 264 cm³/mol. The van der Waals surface area contributed by atoms with Crippen LogP contribution in [-0.2, 0) is 38.1 Å². The van der Waals surface area contributed by atoms with Crippen molar-refractivity contribution in [1.29, 1.82) is 0 Å². The zero-order valence-corrected chi connectivity index (χ0v) is 49.5. The van der Waals surface area contributed by atoms with E-state index in [0.29, 0.717) is 6.42 Å². The van der Waals surface area contributed by atoms with E-state index < -0.39 is 155 Å². The quantitative estimate of drug-likeness (QED) is 0.0753. The van der Waals surface area contributed by atoms with E-state index in [-0.39, 0.29) is 31.4 Å². The van der Waals surface area contributed by atoms with Crippen LogP contribution in [0.3, 0.4) is 0 Å². The molecule has 40 heteroatoms. The second-order valence-corrected chi connectivity index (χ2v) is 15.9. The fraction of sp³-hybridized carbons (Fsp3) is 0.773. The van der Waals surface area contributed by atoms with Crippen molar-refractivity contribution >= 4 is 55.7 Å². The van der Waals surface area contributed by atoms with E-state index >= 15 is 0 Å². The molecule has 0 aromatic heterocycles. The number of aliphatic hydroxyl groups is 2. The van der Waals surface area contributed by atoms with Gasteiger partial charge in [0.25, 0.3) is 0 Å². The molecule has 0 fully saturated rings. The maximum Gasteiger partial charge on any atom is 0.322 e. The monoisotopic (exact) mass is 1450 g/mol. The summed E-state index contributed by atoms with van der Waals surface area (Å²) in [6.45, 7) is -13.9. The third-order valence-electron chi connectivity index (χ3n) is 5.99. The number of rotatable bonds is 15. The SMILES string of the molecule is CC(C)(Br)C(=O)OCC(C)(CO)C(=O)OCF.CC(C)(CC(Br)c1ccccc1)C(=O)OCC(C)(CO)C(=O)OCF.CCF.CCF.FCF.FCF.FCF.FCF.FCF.FCF.FCF.FCF.FCF.FCF.FCF.FCF. The Labute approximate surface area is 485 Å². The van der Waals surface area contributed by atoms with E-state index in [1.807, 2.05) is 30.3 Å². The molecule has 1 aromatic carbocycles. The zero-order valence-electron chi connectivity index (χ0n) is 46.3. The van der Waals surface area contributed by atoms with Crippen molar-refractivity contribution in [2.75, 3.05) is 137 Å². The molecule has 0 bridgehead atoms. The number of halogens is 30. The minimum Gasteiger partial charge on any atom is -0.464 e. The van der Waals surface area contributed by atoms with E-state index in [9.17, 15) is 147 Å². The molecule has 1 aromatic rings. The van der Waals surface area contributed by atoms with Crippen LogP contribution in [0.4, 0.5) is 123 Å². The number of alkyl halides is 30. The number of benzene rings is 1. The predicted octanol–water partition coefficient (Wildman–Crippen LogP) is 17.3. The van der Waals surface area contributed by atoms with Crippen LogP contribution < -0.4 is 0 Å². The molecule has 0 amide bonds. The van der Waals surface area contributed by atoms with Gasteiger partial charge < -0.3 is 29.2 Å². The van der Waals surface area contributed by atoms with Gasteiger partial charge in [0.1, 0.15) is 28.4 Å². The summed E-state index contributed by atoms with van der Waals surface area (Å²) in [6.07, 6.45) is 0.473. The summed E-state index contributed by atoms with van der Waals surface area (Å²) in [5, 5.41) is 18.4. The average molecular weight is 1450 g/mol. The van der Waals surface area contributed by atoms with Gasteiger partial charge in [-0.3, -0.25) is 28.0 Å². The summed E-state index contributed by atoms with van der Waals surface area (Å²) < 4.78 is 293. The van der Waals surface area contributed by atoms with Crippen LogP contribution in [0.25, 0.3) is 0 Å². The second kappa shape index (κ2) is 104. The van der Waals surface area contributed by atoms with Gasteiger partial charge in [0.15, 0.2) is 0 Å². The topological polar surface area (TPSA) is 146 Å². The van der Waals surface area contributed by atoms with Gasteiger partial charge in [-0.25, -0.2) is 114 Å². The molecular formula is C44H74Br2F28O10. The first-order chi connectivity index (χ1) is 39.1. The van der Waals surface area contributed by atoms with Crippen LogP contribution in [0.5, 0.6) is 0 Å². The Hall–Kier alpha value is -3.98. The number of ether oxygens (including phenoxy) is 4. The summed E-state index contributed by atoms with van der Waals surface area (Å²) in [7, 11) is 0. The number of aliphatic hydroxyl groups excluding tert-OH is 2. The lowest BCUT2D eigenvalue weighted by Crippen LogP contribution is -2.40. The number of carbonyl (C=O) groups excluding carboxylic acids is 4. The fourth-order valence-corrected chi connectivity index (χ4v) is 4.14. The molecular weight excluding hydrogens is 1380 g/mol. The molecule has 1 rings (SSSR count). The van der Waals surface area contributed by atoms with Crippen molar-refractivity contribution in [3.63, 3.8) is 0 Å². The lowest BCUT2D eigenvalue weighted by molar-refractivity contribution is -0.173. The number of hydrogen-bond acceptors (Lipinski definition) is 10. The van der Waals surface area contributed by atoms with E-state index in [1.165, 1.54) is 27.7 Å². The van der Waals surface area contributed by atoms with Crippen molar-refractivity contribution in [3.05, 3.63) is 35.9 Å². The molecule has 3 atom stereocenters. The van der Waals surface area contributed by atoms with Gasteiger partial charge in [-0.2, -0.15) is 0 Å². The third-order valence-corrected chi connectivity index (χ3v) is 7.16. The van der Waals surface area contributed by atoms with Crippen molar-refractivity contribution < 1.29 is 171 Å². The van der Waals surface area contributed by atoms with Gasteiger partial charge in [-0.1, -0.05) is 62.2 Å². The van der Waals surface area contributed by atoms with E-state index in [2.05, 4.69) is 41.3 Å². The molecule has 520 valence electrons. The lowest BCUT2D eigenvalue weighted by Gasteiger charge is -2.29. The van der Waals surface area contributed by atoms with Crippen LogP contribution in [0.15, 0.2) is 30.3 Å². The largest absolute Gasteiger partial charge is 0.464 e. The first-order valence-electron chi connectivity index (χ1n) is 21.1. The van der Waals surface area contributed by atoms with E-state index in [0.717, 1.165) is 5.56 Å². The fourth-order valence-electron chi connectivity index (χ4n) is 2.91. The second-order valence-electron chi connectivity index (χ2n) is 12.9. The Morgan fingerprint density at radius 2 is 0.607 bits per heavy atom. The van der Waals surface area contributed by atoms with Gasteiger partial charge in [0, 0.05) is 4.83 Å². The summed E-state index contributed by atoms with van der Waals surface area (Å²) in [6, 6.07) is 9.65. The molecule has 0 saturated carbocycles. The number of carbonyl (C=O) groups is 4. The summed E-state index contributed by atoms with van der Waals surface area (Å²) in [5.41, 5.74) is -2.75. The maximum atomic E-state index is 12.4. The molecule has 0 aliphatic carbocycles. The van der Waals surface area contributed by atoms with E-state index in [4.69, 9.17) is 14.6 Å². The Bertz CT molecular complexity index is 1260. The molecule has 2 N–H and O–H groups in total. The molecule has 0 radical (unpaired) electrons. The molecule has 10 nitrogen and oxygen atoms in total. The summed E-state index contributed by atoms with van der Waals surface area (Å²) >= 11 is 6.66. The molecule has 0 saturated heterocycles. The zero-order chi connectivity index (χ0) is 70.7. The molecule has 0 aliphatic heterocycles. The van der Waals surface area contributed by atoms with Crippen LogP contribution in [0.2, 0.25) is 0 Å². The van der Waals surface area contributed by atoms with Crippen LogP contribution in [-0.4, -0.2) is 175 Å². The minimum absolute atomic E-state index is 0.0445. The van der Waals surface area contributed by atoms with Gasteiger partial charge >= 0.3 is 23.9 Å². The Morgan fingerprint density at radius 1 is 0.405 bits per heavy atom. The summed E-state index contributed by atoms with van der Waals surface area (Å²) in [5.74, 6) is -3.01. The third kappa shape index (κ3) is 124. The smallest absolute Gasteiger partial charge is 0.322 e. The molecule has 3 unspecified atom stereocenters. The highest BCUT2D eigenvalue weighted by Gasteiger charge is 2.40. The molecule has 0 heterocycles. The van der Waals surface area contributed by atoms with Gasteiger partial charge in [-0.05, 0) is 67.4 Å². The Morgan fingerprint density at radius 3 is 0.786 bits per heavy atom. The summed E-state index contributed by atoms with van der Waals surface area (Å²) in [4.78, 5) is 46.8. The van der Waals surface area contributed by atoms with Gasteiger partial charge in [-0.15, -0.1) is 0 Å². The Kier molecular flexibility index (Phi) is 146. The van der Waals surface area contributed by atoms with Crippen LogP contribution in [0.1, 0.15) is 72.2 Å². The van der Waals surface area contributed by atoms with Crippen LogP contribution >= 0.6 is 31.9 Å². The number of esters is 4. The van der Waals surface area contributed by atoms with Gasteiger partial charge in [0.05, 0.1) is 32.0 Å². The highest BCUT2D eigenvalue weighted by atomic mass is 79.9.